The number of nitrogens with one attached hydrogen (secondary N) is 1. The Bertz CT molecular complexity index is 809. The molecule has 0 atom stereocenters. The van der Waals surface area contributed by atoms with Gasteiger partial charge in [-0.1, -0.05) is 0 Å². The van der Waals surface area contributed by atoms with Gasteiger partial charge in [0.1, 0.15) is 0 Å². The first-order valence-electron chi connectivity index (χ1n) is 6.71. The van der Waals surface area contributed by atoms with Crippen molar-refractivity contribution < 1.29 is 9.90 Å². The molecule has 3 rings (SSSR count). The minimum absolute atomic E-state index is 0.0698. The van der Waals surface area contributed by atoms with E-state index in [-0.39, 0.29) is 17.5 Å². The average molecular weight is 294 g/mol. The van der Waals surface area contributed by atoms with Crippen molar-refractivity contribution in [3.8, 4) is 11.4 Å². The van der Waals surface area contributed by atoms with Gasteiger partial charge in [-0.2, -0.15) is 5.10 Å². The number of anilines is 1. The molecule has 22 heavy (non-hydrogen) atoms. The zero-order valence-electron chi connectivity index (χ0n) is 11.9. The fourth-order valence-electron chi connectivity index (χ4n) is 2.07. The zero-order chi connectivity index (χ0) is 15.5. The first-order valence-corrected chi connectivity index (χ1v) is 6.71. The van der Waals surface area contributed by atoms with Crippen LogP contribution in [0.5, 0.6) is 5.75 Å². The van der Waals surface area contributed by atoms with E-state index in [1.54, 1.807) is 29.1 Å². The predicted octanol–water partition coefficient (Wildman–Crippen LogP) is 2.53. The highest BCUT2D eigenvalue weighted by Crippen LogP contribution is 2.19. The van der Waals surface area contributed by atoms with E-state index >= 15 is 0 Å². The number of hydrogen-bond acceptors (Lipinski definition) is 4. The van der Waals surface area contributed by atoms with Crippen LogP contribution in [0.1, 0.15) is 16.1 Å². The van der Waals surface area contributed by atoms with Gasteiger partial charge in [0.15, 0.2) is 11.6 Å². The number of pyridine rings is 1. The SMILES string of the molecule is Cc1ccnn1-c1ccc(C(=O)Nc2ncccc2O)cc1. The van der Waals surface area contributed by atoms with E-state index in [2.05, 4.69) is 15.4 Å². The molecule has 0 radical (unpaired) electrons. The molecule has 2 heterocycles. The first kappa shape index (κ1) is 13.8. The predicted molar refractivity (Wildman–Crippen MR) is 82.2 cm³/mol. The number of carbonyl (C=O) groups is 1. The summed E-state index contributed by atoms with van der Waals surface area (Å²) in [7, 11) is 0. The number of hydrogen-bond donors (Lipinski definition) is 2. The van der Waals surface area contributed by atoms with Crippen molar-refractivity contribution in [2.45, 2.75) is 6.92 Å². The molecule has 0 aliphatic carbocycles. The molecule has 0 bridgehead atoms. The molecule has 3 aromatic rings. The van der Waals surface area contributed by atoms with Crippen LogP contribution in [0.15, 0.2) is 54.9 Å². The Morgan fingerprint density at radius 2 is 1.91 bits per heavy atom. The van der Waals surface area contributed by atoms with Gasteiger partial charge in [-0.25, -0.2) is 9.67 Å². The third kappa shape index (κ3) is 2.67. The zero-order valence-corrected chi connectivity index (χ0v) is 11.9. The van der Waals surface area contributed by atoms with Gasteiger partial charge in [0.2, 0.25) is 0 Å². The number of nitrogens with zero attached hydrogens (tertiary/aromatic N) is 3. The minimum Gasteiger partial charge on any atom is -0.504 e. The summed E-state index contributed by atoms with van der Waals surface area (Å²) < 4.78 is 1.78. The standard InChI is InChI=1S/C16H14N4O2/c1-11-8-10-18-20(11)13-6-4-12(5-7-13)16(22)19-15-14(21)3-2-9-17-15/h2-10,21H,1H3,(H,17,19,22). The van der Waals surface area contributed by atoms with Crippen LogP contribution in [-0.4, -0.2) is 25.8 Å². The van der Waals surface area contributed by atoms with E-state index in [4.69, 9.17) is 0 Å². The van der Waals surface area contributed by atoms with Crippen LogP contribution >= 0.6 is 0 Å². The summed E-state index contributed by atoms with van der Waals surface area (Å²) in [4.78, 5) is 16.1. The summed E-state index contributed by atoms with van der Waals surface area (Å²) >= 11 is 0. The van der Waals surface area contributed by atoms with Crippen LogP contribution in [-0.2, 0) is 0 Å². The van der Waals surface area contributed by atoms with Crippen LogP contribution in [0.25, 0.3) is 5.69 Å². The van der Waals surface area contributed by atoms with Crippen molar-refractivity contribution in [2.75, 3.05) is 5.32 Å². The second kappa shape index (κ2) is 5.69. The molecule has 6 heteroatoms. The fourth-order valence-corrected chi connectivity index (χ4v) is 2.07. The van der Waals surface area contributed by atoms with E-state index in [1.807, 2.05) is 25.1 Å². The Morgan fingerprint density at radius 3 is 2.55 bits per heavy atom. The maximum Gasteiger partial charge on any atom is 0.256 e. The summed E-state index contributed by atoms with van der Waals surface area (Å²) in [5.74, 6) is -0.267. The van der Waals surface area contributed by atoms with Gasteiger partial charge in [-0.05, 0) is 49.4 Å². The number of aromatic nitrogens is 3. The van der Waals surface area contributed by atoms with Crippen LogP contribution in [0.4, 0.5) is 5.82 Å². The molecule has 0 saturated heterocycles. The maximum absolute atomic E-state index is 12.1. The van der Waals surface area contributed by atoms with Crippen molar-refractivity contribution in [1.82, 2.24) is 14.8 Å². The van der Waals surface area contributed by atoms with E-state index in [1.165, 1.54) is 12.3 Å². The lowest BCUT2D eigenvalue weighted by molar-refractivity contribution is 0.102. The van der Waals surface area contributed by atoms with Crippen LogP contribution in [0, 0.1) is 6.92 Å². The number of benzene rings is 1. The fraction of sp³-hybridized carbons (Fsp3) is 0.0625. The van der Waals surface area contributed by atoms with Gasteiger partial charge < -0.3 is 10.4 Å². The Kier molecular flexibility index (Phi) is 3.57. The number of rotatable bonds is 3. The second-order valence-electron chi connectivity index (χ2n) is 4.76. The van der Waals surface area contributed by atoms with E-state index in [9.17, 15) is 9.90 Å². The summed E-state index contributed by atoms with van der Waals surface area (Å²) in [6, 6.07) is 12.0. The maximum atomic E-state index is 12.1. The minimum atomic E-state index is -0.335. The highest BCUT2D eigenvalue weighted by Gasteiger charge is 2.10. The first-order chi connectivity index (χ1) is 10.6. The largest absolute Gasteiger partial charge is 0.504 e. The molecule has 0 saturated carbocycles. The normalized spacial score (nSPS) is 10.4. The van der Waals surface area contributed by atoms with Crippen LogP contribution in [0.2, 0.25) is 0 Å². The summed E-state index contributed by atoms with van der Waals surface area (Å²) in [5, 5.41) is 16.4. The monoisotopic (exact) mass is 294 g/mol. The van der Waals surface area contributed by atoms with Crippen molar-refractivity contribution in [3.63, 3.8) is 0 Å². The molecule has 0 unspecified atom stereocenters. The number of aromatic hydroxyl groups is 1. The molecule has 0 aliphatic rings. The van der Waals surface area contributed by atoms with Crippen molar-refractivity contribution in [1.29, 1.82) is 0 Å². The van der Waals surface area contributed by atoms with Crippen LogP contribution < -0.4 is 5.32 Å². The quantitative estimate of drug-likeness (QED) is 0.778. The lowest BCUT2D eigenvalue weighted by Gasteiger charge is -2.07. The van der Waals surface area contributed by atoms with Gasteiger partial charge in [-0.15, -0.1) is 0 Å². The van der Waals surface area contributed by atoms with Crippen LogP contribution in [0.3, 0.4) is 0 Å². The van der Waals surface area contributed by atoms with Gasteiger partial charge in [0.25, 0.3) is 5.91 Å². The number of aryl methyl sites for hydroxylation is 1. The van der Waals surface area contributed by atoms with Gasteiger partial charge in [-0.3, -0.25) is 4.79 Å². The molecule has 0 fully saturated rings. The molecule has 110 valence electrons. The van der Waals surface area contributed by atoms with Crippen molar-refractivity contribution >= 4 is 11.7 Å². The van der Waals surface area contributed by atoms with E-state index in [0.29, 0.717) is 5.56 Å². The summed E-state index contributed by atoms with van der Waals surface area (Å²) in [5.41, 5.74) is 2.36. The Balaban J connectivity index is 1.80. The molecular formula is C16H14N4O2. The number of carbonyl (C=O) groups excluding carboxylic acids is 1. The van der Waals surface area contributed by atoms with Crippen molar-refractivity contribution in [2.24, 2.45) is 0 Å². The summed E-state index contributed by atoms with van der Waals surface area (Å²) in [6.45, 7) is 1.96. The Hall–Kier alpha value is -3.15. The molecule has 0 aliphatic heterocycles. The second-order valence-corrected chi connectivity index (χ2v) is 4.76. The highest BCUT2D eigenvalue weighted by molar-refractivity contribution is 6.04. The highest BCUT2D eigenvalue weighted by atomic mass is 16.3. The Morgan fingerprint density at radius 1 is 1.14 bits per heavy atom. The summed E-state index contributed by atoms with van der Waals surface area (Å²) in [6.07, 6.45) is 3.22. The lowest BCUT2D eigenvalue weighted by Crippen LogP contribution is -2.13. The molecule has 0 spiro atoms. The lowest BCUT2D eigenvalue weighted by atomic mass is 10.2. The molecular weight excluding hydrogens is 280 g/mol. The molecule has 1 aromatic carbocycles. The van der Waals surface area contributed by atoms with E-state index < -0.39 is 0 Å². The average Bonchev–Trinajstić information content (AvgIpc) is 2.96. The van der Waals surface area contributed by atoms with Gasteiger partial charge in [0, 0.05) is 23.7 Å². The Labute approximate surface area is 127 Å². The topological polar surface area (TPSA) is 80.0 Å². The molecule has 2 aromatic heterocycles. The third-order valence-electron chi connectivity index (χ3n) is 3.22. The molecule has 6 nitrogen and oxygen atoms in total. The molecule has 1 amide bonds. The molecule has 2 N–H and O–H groups in total. The smallest absolute Gasteiger partial charge is 0.256 e. The van der Waals surface area contributed by atoms with Crippen molar-refractivity contribution in [3.05, 3.63) is 66.1 Å². The van der Waals surface area contributed by atoms with Gasteiger partial charge >= 0.3 is 0 Å². The van der Waals surface area contributed by atoms with E-state index in [0.717, 1.165) is 11.4 Å². The third-order valence-corrected chi connectivity index (χ3v) is 3.22. The number of amides is 1. The van der Waals surface area contributed by atoms with Gasteiger partial charge in [0.05, 0.1) is 5.69 Å².